The fourth-order valence-electron chi connectivity index (χ4n) is 2.60. The lowest BCUT2D eigenvalue weighted by atomic mass is 10.1. The Morgan fingerprint density at radius 3 is 2.48 bits per heavy atom. The summed E-state index contributed by atoms with van der Waals surface area (Å²) in [6.45, 7) is 4.38. The predicted molar refractivity (Wildman–Crippen MR) is 95.2 cm³/mol. The second-order valence-electron chi connectivity index (χ2n) is 4.81. The molecule has 4 rings (SSSR count). The molecule has 0 radical (unpaired) electrons. The number of nitrogens with two attached hydrogens (primary N) is 1. The van der Waals surface area contributed by atoms with Crippen molar-refractivity contribution in [2.24, 2.45) is 5.73 Å². The van der Waals surface area contributed by atoms with Crippen LogP contribution in [0.25, 0.3) is 26.4 Å². The molecule has 2 aromatic heterocycles. The Labute approximate surface area is 138 Å². The summed E-state index contributed by atoms with van der Waals surface area (Å²) in [5.41, 5.74) is 9.73. The van der Waals surface area contributed by atoms with Gasteiger partial charge in [-0.25, -0.2) is 9.37 Å². The molecule has 0 aliphatic carbocycles. The summed E-state index contributed by atoms with van der Waals surface area (Å²) >= 11 is 1.63. The third kappa shape index (κ3) is 2.62. The fourth-order valence-corrected chi connectivity index (χ4v) is 3.65. The van der Waals surface area contributed by atoms with Gasteiger partial charge in [0, 0.05) is 12.1 Å². The minimum Gasteiger partial charge on any atom is -0.325 e. The van der Waals surface area contributed by atoms with Crippen molar-refractivity contribution < 1.29 is 4.39 Å². The lowest BCUT2D eigenvalue weighted by Gasteiger charge is -2.02. The van der Waals surface area contributed by atoms with E-state index < -0.39 is 0 Å². The zero-order valence-electron chi connectivity index (χ0n) is 13.1. The highest BCUT2D eigenvalue weighted by atomic mass is 32.1. The number of hydrogen-bond acceptors (Lipinski definition) is 3. The number of hydrogen-bond donors (Lipinski definition) is 1. The van der Waals surface area contributed by atoms with Crippen molar-refractivity contribution in [3.8, 4) is 11.3 Å². The van der Waals surface area contributed by atoms with Crippen LogP contribution in [0.1, 0.15) is 19.5 Å². The number of halogens is 1. The molecular formula is C18H18FN3S. The van der Waals surface area contributed by atoms with E-state index in [0.29, 0.717) is 6.54 Å². The summed E-state index contributed by atoms with van der Waals surface area (Å²) in [6, 6.07) is 14.5. The van der Waals surface area contributed by atoms with Crippen LogP contribution < -0.4 is 5.73 Å². The van der Waals surface area contributed by atoms with E-state index in [1.54, 1.807) is 23.5 Å². The first-order chi connectivity index (χ1) is 11.3. The van der Waals surface area contributed by atoms with Crippen molar-refractivity contribution >= 4 is 26.5 Å². The third-order valence-corrected chi connectivity index (χ3v) is 4.58. The van der Waals surface area contributed by atoms with Gasteiger partial charge in [0.25, 0.3) is 0 Å². The molecule has 2 aromatic carbocycles. The summed E-state index contributed by atoms with van der Waals surface area (Å²) in [6.07, 6.45) is 0. The van der Waals surface area contributed by atoms with Crippen LogP contribution in [0.4, 0.5) is 4.39 Å². The first kappa shape index (κ1) is 15.6. The molecule has 0 aliphatic rings. The van der Waals surface area contributed by atoms with Gasteiger partial charge in [0.15, 0.2) is 4.96 Å². The van der Waals surface area contributed by atoms with Gasteiger partial charge in [0.2, 0.25) is 0 Å². The molecule has 5 heteroatoms. The summed E-state index contributed by atoms with van der Waals surface area (Å²) in [4.78, 5) is 5.61. The summed E-state index contributed by atoms with van der Waals surface area (Å²) in [5, 5.41) is 0. The van der Waals surface area contributed by atoms with Gasteiger partial charge in [-0.1, -0.05) is 37.3 Å². The van der Waals surface area contributed by atoms with Crippen molar-refractivity contribution in [1.29, 1.82) is 0 Å². The molecule has 0 bridgehead atoms. The Hall–Kier alpha value is -2.24. The molecular weight excluding hydrogens is 309 g/mol. The molecule has 0 amide bonds. The highest BCUT2D eigenvalue weighted by Gasteiger charge is 2.16. The molecule has 4 aromatic rings. The molecule has 0 atom stereocenters. The summed E-state index contributed by atoms with van der Waals surface area (Å²) in [7, 11) is 0. The van der Waals surface area contributed by atoms with Gasteiger partial charge < -0.3 is 5.73 Å². The van der Waals surface area contributed by atoms with Crippen molar-refractivity contribution in [2.75, 3.05) is 0 Å². The normalized spacial score (nSPS) is 10.8. The minimum atomic E-state index is -0.250. The van der Waals surface area contributed by atoms with Crippen LogP contribution in [-0.2, 0) is 6.54 Å². The highest BCUT2D eigenvalue weighted by molar-refractivity contribution is 7.23. The zero-order valence-corrected chi connectivity index (χ0v) is 13.9. The molecule has 118 valence electrons. The number of benzene rings is 2. The Morgan fingerprint density at radius 2 is 1.78 bits per heavy atom. The van der Waals surface area contributed by atoms with Gasteiger partial charge >= 0.3 is 0 Å². The monoisotopic (exact) mass is 327 g/mol. The Bertz CT molecular complexity index is 938. The number of imidazole rings is 1. The Kier molecular flexibility index (Phi) is 4.41. The SMILES string of the molecule is CC.NCc1c(-c2ccc(F)cc2)nc2sc3ccccc3n12. The van der Waals surface area contributed by atoms with Crippen molar-refractivity contribution in [3.63, 3.8) is 0 Å². The summed E-state index contributed by atoms with van der Waals surface area (Å²) < 4.78 is 16.4. The second kappa shape index (κ2) is 6.48. The molecule has 0 spiro atoms. The number of para-hydroxylation sites is 1. The van der Waals surface area contributed by atoms with Gasteiger partial charge in [0.1, 0.15) is 5.82 Å². The van der Waals surface area contributed by atoms with Gasteiger partial charge in [-0.15, -0.1) is 0 Å². The number of aromatic nitrogens is 2. The second-order valence-corrected chi connectivity index (χ2v) is 5.81. The lowest BCUT2D eigenvalue weighted by molar-refractivity contribution is 0.628. The first-order valence-electron chi connectivity index (χ1n) is 7.63. The first-order valence-corrected chi connectivity index (χ1v) is 8.44. The van der Waals surface area contributed by atoms with Crippen LogP contribution in [-0.4, -0.2) is 9.38 Å². The lowest BCUT2D eigenvalue weighted by Crippen LogP contribution is -2.02. The van der Waals surface area contributed by atoms with Gasteiger partial charge in [-0.3, -0.25) is 4.40 Å². The topological polar surface area (TPSA) is 43.3 Å². The van der Waals surface area contributed by atoms with Crippen molar-refractivity contribution in [3.05, 3.63) is 60.0 Å². The molecule has 0 saturated carbocycles. The van der Waals surface area contributed by atoms with E-state index in [1.807, 2.05) is 26.0 Å². The van der Waals surface area contributed by atoms with Gasteiger partial charge in [-0.05, 0) is 36.4 Å². The highest BCUT2D eigenvalue weighted by Crippen LogP contribution is 2.32. The molecule has 0 unspecified atom stereocenters. The van der Waals surface area contributed by atoms with E-state index in [1.165, 1.54) is 16.8 Å². The zero-order chi connectivity index (χ0) is 16.4. The number of thiazole rings is 1. The van der Waals surface area contributed by atoms with Crippen LogP contribution in [0.3, 0.4) is 0 Å². The van der Waals surface area contributed by atoms with Crippen molar-refractivity contribution in [2.45, 2.75) is 20.4 Å². The largest absolute Gasteiger partial charge is 0.325 e. The minimum absolute atomic E-state index is 0.250. The quantitative estimate of drug-likeness (QED) is 0.572. The van der Waals surface area contributed by atoms with Crippen molar-refractivity contribution in [1.82, 2.24) is 9.38 Å². The van der Waals surface area contributed by atoms with Crippen LogP contribution in [0, 0.1) is 5.82 Å². The third-order valence-electron chi connectivity index (χ3n) is 3.56. The average molecular weight is 327 g/mol. The molecule has 2 N–H and O–H groups in total. The van der Waals surface area contributed by atoms with E-state index in [-0.39, 0.29) is 5.82 Å². The molecule has 3 nitrogen and oxygen atoms in total. The smallest absolute Gasteiger partial charge is 0.195 e. The number of fused-ring (bicyclic) bond motifs is 3. The van der Waals surface area contributed by atoms with Crippen LogP contribution in [0.5, 0.6) is 0 Å². The van der Waals surface area contributed by atoms with E-state index >= 15 is 0 Å². The van der Waals surface area contributed by atoms with E-state index in [4.69, 9.17) is 10.7 Å². The van der Waals surface area contributed by atoms with Crippen LogP contribution >= 0.6 is 11.3 Å². The maximum Gasteiger partial charge on any atom is 0.195 e. The van der Waals surface area contributed by atoms with E-state index in [2.05, 4.69) is 16.5 Å². The number of nitrogens with zero attached hydrogens (tertiary/aromatic N) is 2. The van der Waals surface area contributed by atoms with E-state index in [9.17, 15) is 4.39 Å². The van der Waals surface area contributed by atoms with Crippen LogP contribution in [0.15, 0.2) is 48.5 Å². The maximum atomic E-state index is 13.1. The van der Waals surface area contributed by atoms with E-state index in [0.717, 1.165) is 27.4 Å². The Morgan fingerprint density at radius 1 is 1.09 bits per heavy atom. The number of rotatable bonds is 2. The predicted octanol–water partition coefficient (Wildman–Crippen LogP) is 4.84. The molecule has 0 aliphatic heterocycles. The standard InChI is InChI=1S/C16H12FN3S.C2H6/c17-11-7-5-10(6-8-11)15-13(9-18)20-12-3-1-2-4-14(12)21-16(20)19-15;1-2/h1-8H,9,18H2;1-2H3. The molecule has 23 heavy (non-hydrogen) atoms. The average Bonchev–Trinajstić information content (AvgIpc) is 3.13. The summed E-state index contributed by atoms with van der Waals surface area (Å²) in [5.74, 6) is -0.250. The maximum absolute atomic E-state index is 13.1. The fraction of sp³-hybridized carbons (Fsp3) is 0.167. The van der Waals surface area contributed by atoms with Gasteiger partial charge in [-0.2, -0.15) is 0 Å². The molecule has 2 heterocycles. The Balaban J connectivity index is 0.000000753. The van der Waals surface area contributed by atoms with Gasteiger partial charge in [0.05, 0.1) is 21.6 Å². The molecule has 0 saturated heterocycles. The van der Waals surface area contributed by atoms with Crippen LogP contribution in [0.2, 0.25) is 0 Å². The molecule has 0 fully saturated rings.